The molecule has 2 aliphatic heterocycles. The zero-order chi connectivity index (χ0) is 12.7. The lowest BCUT2D eigenvalue weighted by atomic mass is 9.90. The highest BCUT2D eigenvalue weighted by Crippen LogP contribution is 2.40. The van der Waals surface area contributed by atoms with Crippen LogP contribution in [0, 0.1) is 5.92 Å². The van der Waals surface area contributed by atoms with E-state index >= 15 is 0 Å². The molecule has 2 atom stereocenters. The molecule has 3 aliphatic rings. The molecule has 19 heavy (non-hydrogen) atoms. The summed E-state index contributed by atoms with van der Waals surface area (Å²) < 4.78 is 4.55. The summed E-state index contributed by atoms with van der Waals surface area (Å²) in [5, 5.41) is 4.84. The molecule has 4 rings (SSSR count). The molecule has 2 saturated heterocycles. The van der Waals surface area contributed by atoms with E-state index in [0.717, 1.165) is 17.8 Å². The molecular weight excluding hydrogens is 256 g/mol. The maximum absolute atomic E-state index is 4.77. The molecule has 0 aromatic carbocycles. The monoisotopic (exact) mass is 278 g/mol. The molecule has 2 unspecified atom stereocenters. The van der Waals surface area contributed by atoms with E-state index in [1.54, 1.807) is 11.5 Å². The molecule has 1 aliphatic carbocycles. The van der Waals surface area contributed by atoms with Crippen molar-refractivity contribution in [2.24, 2.45) is 5.92 Å². The standard InChI is InChI=1S/C14H22N4S/c1-4-12(15-7-1)11-3-2-8-18(9-11)14-16-13(17-19-14)10-5-6-10/h10-12,15H,1-9H2. The van der Waals surface area contributed by atoms with Gasteiger partial charge in [-0.05, 0) is 51.0 Å². The van der Waals surface area contributed by atoms with Gasteiger partial charge in [-0.15, -0.1) is 0 Å². The zero-order valence-electron chi connectivity index (χ0n) is 11.3. The first kappa shape index (κ1) is 12.1. The topological polar surface area (TPSA) is 41.0 Å². The van der Waals surface area contributed by atoms with Gasteiger partial charge >= 0.3 is 0 Å². The molecule has 3 heterocycles. The number of hydrogen-bond acceptors (Lipinski definition) is 5. The summed E-state index contributed by atoms with van der Waals surface area (Å²) in [7, 11) is 0. The average Bonchev–Trinajstić information content (AvgIpc) is 2.97. The first-order valence-electron chi connectivity index (χ1n) is 7.72. The van der Waals surface area contributed by atoms with E-state index in [0.29, 0.717) is 5.92 Å². The van der Waals surface area contributed by atoms with Crippen LogP contribution >= 0.6 is 11.5 Å². The van der Waals surface area contributed by atoms with Crippen molar-refractivity contribution in [2.75, 3.05) is 24.5 Å². The lowest BCUT2D eigenvalue weighted by Crippen LogP contribution is -2.43. The fourth-order valence-corrected chi connectivity index (χ4v) is 4.27. The van der Waals surface area contributed by atoms with Gasteiger partial charge < -0.3 is 10.2 Å². The second-order valence-corrected chi connectivity index (χ2v) is 6.99. The largest absolute Gasteiger partial charge is 0.347 e. The molecule has 1 aromatic rings. The Morgan fingerprint density at radius 2 is 2.11 bits per heavy atom. The molecule has 1 aromatic heterocycles. The van der Waals surface area contributed by atoms with Crippen LogP contribution in [0.25, 0.3) is 0 Å². The van der Waals surface area contributed by atoms with Crippen LogP contribution in [0.5, 0.6) is 0 Å². The Labute approximate surface area is 118 Å². The molecule has 3 fully saturated rings. The minimum Gasteiger partial charge on any atom is -0.347 e. The Hall–Kier alpha value is -0.680. The second kappa shape index (κ2) is 5.02. The summed E-state index contributed by atoms with van der Waals surface area (Å²) in [4.78, 5) is 7.25. The Morgan fingerprint density at radius 1 is 1.16 bits per heavy atom. The van der Waals surface area contributed by atoms with Gasteiger partial charge in [0.1, 0.15) is 5.82 Å². The summed E-state index contributed by atoms with van der Waals surface area (Å²) in [6, 6.07) is 0.749. The Kier molecular flexibility index (Phi) is 3.19. The molecule has 1 N–H and O–H groups in total. The number of aromatic nitrogens is 2. The zero-order valence-corrected chi connectivity index (χ0v) is 12.2. The van der Waals surface area contributed by atoms with Gasteiger partial charge in [0.25, 0.3) is 0 Å². The Balaban J connectivity index is 1.44. The van der Waals surface area contributed by atoms with Gasteiger partial charge in [0, 0.05) is 36.6 Å². The summed E-state index contributed by atoms with van der Waals surface area (Å²) in [6.45, 7) is 3.56. The van der Waals surface area contributed by atoms with Crippen LogP contribution in [0.15, 0.2) is 0 Å². The van der Waals surface area contributed by atoms with E-state index in [-0.39, 0.29) is 0 Å². The van der Waals surface area contributed by atoms with Crippen molar-refractivity contribution in [1.82, 2.24) is 14.7 Å². The van der Waals surface area contributed by atoms with Gasteiger partial charge in [0.2, 0.25) is 5.13 Å². The van der Waals surface area contributed by atoms with Crippen LogP contribution < -0.4 is 10.2 Å². The van der Waals surface area contributed by atoms with E-state index in [1.165, 1.54) is 63.3 Å². The third-order valence-corrected chi connectivity index (χ3v) is 5.56. The summed E-state index contributed by atoms with van der Waals surface area (Å²) >= 11 is 1.61. The Morgan fingerprint density at radius 3 is 2.89 bits per heavy atom. The maximum atomic E-state index is 4.77. The molecule has 4 nitrogen and oxygen atoms in total. The van der Waals surface area contributed by atoms with E-state index in [4.69, 9.17) is 4.98 Å². The van der Waals surface area contributed by atoms with Crippen LogP contribution in [0.3, 0.4) is 0 Å². The second-order valence-electron chi connectivity index (χ2n) is 6.26. The molecule has 0 bridgehead atoms. The third-order valence-electron chi connectivity index (χ3n) is 4.77. The van der Waals surface area contributed by atoms with E-state index in [2.05, 4.69) is 14.6 Å². The summed E-state index contributed by atoms with van der Waals surface area (Å²) in [5.41, 5.74) is 0. The number of hydrogen-bond donors (Lipinski definition) is 1. The molecule has 5 heteroatoms. The predicted octanol–water partition coefficient (Wildman–Crippen LogP) is 2.38. The average molecular weight is 278 g/mol. The number of rotatable bonds is 3. The minimum absolute atomic E-state index is 0.682. The Bertz CT molecular complexity index is 436. The fraction of sp³-hybridized carbons (Fsp3) is 0.857. The lowest BCUT2D eigenvalue weighted by Gasteiger charge is -2.35. The van der Waals surface area contributed by atoms with E-state index in [9.17, 15) is 0 Å². The van der Waals surface area contributed by atoms with E-state index < -0.39 is 0 Å². The molecule has 0 amide bonds. The van der Waals surface area contributed by atoms with Crippen molar-refractivity contribution in [3.8, 4) is 0 Å². The van der Waals surface area contributed by atoms with Gasteiger partial charge in [0.15, 0.2) is 0 Å². The molecule has 0 radical (unpaired) electrons. The molecule has 0 spiro atoms. The maximum Gasteiger partial charge on any atom is 0.205 e. The first-order valence-corrected chi connectivity index (χ1v) is 8.49. The van der Waals surface area contributed by atoms with Gasteiger partial charge in [-0.3, -0.25) is 0 Å². The van der Waals surface area contributed by atoms with Crippen molar-refractivity contribution in [1.29, 1.82) is 0 Å². The molecular formula is C14H22N4S. The normalized spacial score (nSPS) is 31.9. The first-order chi connectivity index (χ1) is 9.40. The van der Waals surface area contributed by atoms with Gasteiger partial charge in [-0.25, -0.2) is 4.98 Å². The third kappa shape index (κ3) is 2.50. The number of nitrogens with one attached hydrogen (secondary N) is 1. The number of anilines is 1. The van der Waals surface area contributed by atoms with Gasteiger partial charge in [0.05, 0.1) is 0 Å². The molecule has 1 saturated carbocycles. The molecule has 104 valence electrons. The van der Waals surface area contributed by atoms with Crippen molar-refractivity contribution >= 4 is 16.7 Å². The van der Waals surface area contributed by atoms with E-state index in [1.807, 2.05) is 0 Å². The SMILES string of the molecule is C1CNC(C2CCCN(c3nc(C4CC4)ns3)C2)C1. The number of nitrogens with zero attached hydrogens (tertiary/aromatic N) is 3. The van der Waals surface area contributed by atoms with Crippen molar-refractivity contribution in [2.45, 2.75) is 50.5 Å². The summed E-state index contributed by atoms with van der Waals surface area (Å²) in [6.07, 6.45) is 7.99. The van der Waals surface area contributed by atoms with Crippen molar-refractivity contribution in [3.05, 3.63) is 5.82 Å². The fourth-order valence-electron chi connectivity index (χ4n) is 3.49. The summed E-state index contributed by atoms with van der Waals surface area (Å²) in [5.74, 6) is 2.60. The van der Waals surface area contributed by atoms with Crippen molar-refractivity contribution in [3.63, 3.8) is 0 Å². The van der Waals surface area contributed by atoms with Crippen LogP contribution in [-0.4, -0.2) is 35.0 Å². The van der Waals surface area contributed by atoms with Crippen LogP contribution in [0.1, 0.15) is 50.3 Å². The highest BCUT2D eigenvalue weighted by atomic mass is 32.1. The number of piperidine rings is 1. The quantitative estimate of drug-likeness (QED) is 0.921. The van der Waals surface area contributed by atoms with Crippen LogP contribution in [-0.2, 0) is 0 Å². The highest BCUT2D eigenvalue weighted by molar-refractivity contribution is 7.09. The van der Waals surface area contributed by atoms with Gasteiger partial charge in [-0.2, -0.15) is 4.37 Å². The predicted molar refractivity (Wildman–Crippen MR) is 77.8 cm³/mol. The smallest absolute Gasteiger partial charge is 0.205 e. The lowest BCUT2D eigenvalue weighted by molar-refractivity contribution is 0.328. The van der Waals surface area contributed by atoms with Crippen LogP contribution in [0.4, 0.5) is 5.13 Å². The minimum atomic E-state index is 0.682. The van der Waals surface area contributed by atoms with Crippen LogP contribution in [0.2, 0.25) is 0 Å². The van der Waals surface area contributed by atoms with Crippen molar-refractivity contribution < 1.29 is 0 Å². The highest BCUT2D eigenvalue weighted by Gasteiger charge is 2.32. The van der Waals surface area contributed by atoms with Gasteiger partial charge in [-0.1, -0.05) is 0 Å².